The van der Waals surface area contributed by atoms with E-state index in [4.69, 9.17) is 5.73 Å². The minimum Gasteiger partial charge on any atom is -0.325 e. The van der Waals surface area contributed by atoms with Gasteiger partial charge in [-0.1, -0.05) is 0 Å². The maximum absolute atomic E-state index is 11.3. The van der Waals surface area contributed by atoms with E-state index in [1.165, 1.54) is 21.8 Å². The van der Waals surface area contributed by atoms with Gasteiger partial charge in [-0.05, 0) is 0 Å². The second kappa shape index (κ2) is 2.69. The molecule has 0 amide bonds. The number of hydrogen-bond donors (Lipinski definition) is 1. The Bertz CT molecular complexity index is 459. The molecule has 0 aliphatic rings. The molecule has 0 saturated heterocycles. The SMILES string of the molecule is NCc1cc(=O)n2ccsc2n1. The molecule has 0 saturated carbocycles. The molecule has 0 spiro atoms. The summed E-state index contributed by atoms with van der Waals surface area (Å²) >= 11 is 1.43. The highest BCUT2D eigenvalue weighted by atomic mass is 32.1. The Labute approximate surface area is 72.3 Å². The summed E-state index contributed by atoms with van der Waals surface area (Å²) in [6.07, 6.45) is 1.70. The molecule has 0 aromatic carbocycles. The fraction of sp³-hybridized carbons (Fsp3) is 0.143. The molecule has 4 nitrogen and oxygen atoms in total. The zero-order valence-electron chi connectivity index (χ0n) is 6.23. The average molecular weight is 181 g/mol. The molecule has 0 atom stereocenters. The van der Waals surface area contributed by atoms with Crippen molar-refractivity contribution in [2.45, 2.75) is 6.54 Å². The summed E-state index contributed by atoms with van der Waals surface area (Å²) in [6.45, 7) is 0.309. The molecule has 2 heterocycles. The number of rotatable bonds is 1. The Balaban J connectivity index is 2.84. The normalized spacial score (nSPS) is 10.8. The molecule has 0 radical (unpaired) electrons. The zero-order chi connectivity index (χ0) is 8.55. The largest absolute Gasteiger partial charge is 0.325 e. The highest BCUT2D eigenvalue weighted by Gasteiger charge is 2.00. The van der Waals surface area contributed by atoms with Gasteiger partial charge in [0.05, 0.1) is 5.69 Å². The van der Waals surface area contributed by atoms with Gasteiger partial charge < -0.3 is 5.73 Å². The fourth-order valence-corrected chi connectivity index (χ4v) is 1.73. The van der Waals surface area contributed by atoms with Crippen LogP contribution in [0.25, 0.3) is 4.96 Å². The van der Waals surface area contributed by atoms with E-state index in [0.29, 0.717) is 17.2 Å². The number of nitrogens with two attached hydrogens (primary N) is 1. The van der Waals surface area contributed by atoms with Gasteiger partial charge >= 0.3 is 0 Å². The molecular weight excluding hydrogens is 174 g/mol. The van der Waals surface area contributed by atoms with Crippen LogP contribution >= 0.6 is 11.3 Å². The number of thiazole rings is 1. The van der Waals surface area contributed by atoms with Crippen molar-refractivity contribution < 1.29 is 0 Å². The first-order chi connectivity index (χ1) is 5.81. The lowest BCUT2D eigenvalue weighted by molar-refractivity contribution is 0.956. The molecule has 0 unspecified atom stereocenters. The summed E-state index contributed by atoms with van der Waals surface area (Å²) in [5.41, 5.74) is 5.95. The van der Waals surface area contributed by atoms with Gasteiger partial charge in [-0.15, -0.1) is 11.3 Å². The molecule has 62 valence electrons. The van der Waals surface area contributed by atoms with Crippen molar-refractivity contribution in [3.05, 3.63) is 33.7 Å². The van der Waals surface area contributed by atoms with Gasteiger partial charge in [0, 0.05) is 24.2 Å². The molecule has 0 bridgehead atoms. The lowest BCUT2D eigenvalue weighted by Crippen LogP contribution is -2.14. The second-order valence-corrected chi connectivity index (χ2v) is 3.22. The van der Waals surface area contributed by atoms with E-state index in [-0.39, 0.29) is 5.56 Å². The summed E-state index contributed by atoms with van der Waals surface area (Å²) in [7, 11) is 0. The van der Waals surface area contributed by atoms with Gasteiger partial charge in [-0.25, -0.2) is 4.98 Å². The number of fused-ring (bicyclic) bond motifs is 1. The maximum atomic E-state index is 11.3. The van der Waals surface area contributed by atoms with Crippen LogP contribution in [0.2, 0.25) is 0 Å². The highest BCUT2D eigenvalue weighted by Crippen LogP contribution is 2.05. The van der Waals surface area contributed by atoms with Crippen LogP contribution < -0.4 is 11.3 Å². The Morgan fingerprint density at radius 1 is 1.67 bits per heavy atom. The van der Waals surface area contributed by atoms with Crippen LogP contribution in [0.15, 0.2) is 22.4 Å². The first-order valence-electron chi connectivity index (χ1n) is 3.47. The van der Waals surface area contributed by atoms with Crippen molar-refractivity contribution in [1.29, 1.82) is 0 Å². The predicted octanol–water partition coefficient (Wildman–Crippen LogP) is 0.215. The quantitative estimate of drug-likeness (QED) is 0.684. The van der Waals surface area contributed by atoms with Crippen LogP contribution in [0.4, 0.5) is 0 Å². The summed E-state index contributed by atoms with van der Waals surface area (Å²) in [5, 5.41) is 1.82. The molecular formula is C7H7N3OS. The molecule has 12 heavy (non-hydrogen) atoms. The zero-order valence-corrected chi connectivity index (χ0v) is 7.04. The van der Waals surface area contributed by atoms with Gasteiger partial charge in [0.15, 0.2) is 4.96 Å². The Kier molecular flexibility index (Phi) is 1.67. The van der Waals surface area contributed by atoms with E-state index in [1.54, 1.807) is 6.20 Å². The van der Waals surface area contributed by atoms with Crippen LogP contribution in [0.1, 0.15) is 5.69 Å². The molecule has 0 fully saturated rings. The van der Waals surface area contributed by atoms with E-state index in [1.807, 2.05) is 5.38 Å². The third kappa shape index (κ3) is 1.03. The van der Waals surface area contributed by atoms with Crippen molar-refractivity contribution in [3.8, 4) is 0 Å². The number of aromatic nitrogens is 2. The summed E-state index contributed by atoms with van der Waals surface area (Å²) in [4.78, 5) is 16.2. The van der Waals surface area contributed by atoms with Gasteiger partial charge in [0.1, 0.15) is 0 Å². The van der Waals surface area contributed by atoms with E-state index in [0.717, 1.165) is 0 Å². The average Bonchev–Trinajstić information content (AvgIpc) is 2.52. The number of nitrogens with zero attached hydrogens (tertiary/aromatic N) is 2. The van der Waals surface area contributed by atoms with Crippen molar-refractivity contribution in [1.82, 2.24) is 9.38 Å². The van der Waals surface area contributed by atoms with E-state index < -0.39 is 0 Å². The topological polar surface area (TPSA) is 60.4 Å². The molecule has 2 aromatic heterocycles. The molecule has 2 N–H and O–H groups in total. The van der Waals surface area contributed by atoms with Gasteiger partial charge in [-0.2, -0.15) is 0 Å². The third-order valence-electron chi connectivity index (χ3n) is 1.57. The predicted molar refractivity (Wildman–Crippen MR) is 47.2 cm³/mol. The third-order valence-corrected chi connectivity index (χ3v) is 2.32. The molecule has 0 aliphatic carbocycles. The van der Waals surface area contributed by atoms with Crippen LogP contribution in [0.3, 0.4) is 0 Å². The van der Waals surface area contributed by atoms with E-state index in [9.17, 15) is 4.79 Å². The smallest absolute Gasteiger partial charge is 0.258 e. The van der Waals surface area contributed by atoms with Crippen molar-refractivity contribution in [2.24, 2.45) is 5.73 Å². The molecule has 2 rings (SSSR count). The first-order valence-corrected chi connectivity index (χ1v) is 4.35. The minimum atomic E-state index is -0.0679. The van der Waals surface area contributed by atoms with Gasteiger partial charge in [-0.3, -0.25) is 9.20 Å². The van der Waals surface area contributed by atoms with E-state index >= 15 is 0 Å². The van der Waals surface area contributed by atoms with Gasteiger partial charge in [0.25, 0.3) is 5.56 Å². The molecule has 5 heteroatoms. The highest BCUT2D eigenvalue weighted by molar-refractivity contribution is 7.15. The van der Waals surface area contributed by atoms with Crippen molar-refractivity contribution in [2.75, 3.05) is 0 Å². The van der Waals surface area contributed by atoms with Gasteiger partial charge in [0.2, 0.25) is 0 Å². The first kappa shape index (κ1) is 7.45. The molecule has 2 aromatic rings. The van der Waals surface area contributed by atoms with Crippen LogP contribution in [0.5, 0.6) is 0 Å². The Morgan fingerprint density at radius 3 is 3.25 bits per heavy atom. The standard InChI is InChI=1S/C7H7N3OS/c8-4-5-3-6(11)10-1-2-12-7(10)9-5/h1-3H,4,8H2. The van der Waals surface area contributed by atoms with Crippen molar-refractivity contribution in [3.63, 3.8) is 0 Å². The van der Waals surface area contributed by atoms with Crippen LogP contribution in [-0.2, 0) is 6.54 Å². The maximum Gasteiger partial charge on any atom is 0.258 e. The Hall–Kier alpha value is -1.20. The van der Waals surface area contributed by atoms with Crippen LogP contribution in [-0.4, -0.2) is 9.38 Å². The monoisotopic (exact) mass is 181 g/mol. The minimum absolute atomic E-state index is 0.0679. The second-order valence-electron chi connectivity index (χ2n) is 2.35. The lowest BCUT2D eigenvalue weighted by atomic mass is 10.4. The summed E-state index contributed by atoms with van der Waals surface area (Å²) in [5.74, 6) is 0. The van der Waals surface area contributed by atoms with Crippen molar-refractivity contribution >= 4 is 16.3 Å². The Morgan fingerprint density at radius 2 is 2.50 bits per heavy atom. The lowest BCUT2D eigenvalue weighted by Gasteiger charge is -1.94. The summed E-state index contributed by atoms with van der Waals surface area (Å²) < 4.78 is 1.50. The van der Waals surface area contributed by atoms with E-state index in [2.05, 4.69) is 4.98 Å². The fourth-order valence-electron chi connectivity index (χ4n) is 0.992. The molecule has 0 aliphatic heterocycles. The van der Waals surface area contributed by atoms with Crippen LogP contribution in [0, 0.1) is 0 Å². The summed E-state index contributed by atoms with van der Waals surface area (Å²) in [6, 6.07) is 1.46. The number of hydrogen-bond acceptors (Lipinski definition) is 4.